The van der Waals surface area contributed by atoms with Crippen LogP contribution in [0, 0.1) is 11.8 Å². The Labute approximate surface area is 84.9 Å². The van der Waals surface area contributed by atoms with E-state index in [0.29, 0.717) is 11.8 Å². The van der Waals surface area contributed by atoms with Gasteiger partial charge in [0.15, 0.2) is 0 Å². The van der Waals surface area contributed by atoms with Crippen LogP contribution in [0.25, 0.3) is 0 Å². The normalized spacial score (nSPS) is 25.7. The van der Waals surface area contributed by atoms with E-state index in [2.05, 4.69) is 5.32 Å². The lowest BCUT2D eigenvalue weighted by Crippen LogP contribution is -2.41. The lowest BCUT2D eigenvalue weighted by Gasteiger charge is -2.30. The zero-order valence-corrected chi connectivity index (χ0v) is 8.54. The van der Waals surface area contributed by atoms with E-state index in [0.717, 1.165) is 0 Å². The summed E-state index contributed by atoms with van der Waals surface area (Å²) in [5, 5.41) is 11.5. The molecule has 80 valence electrons. The van der Waals surface area contributed by atoms with Gasteiger partial charge < -0.3 is 10.4 Å². The van der Waals surface area contributed by atoms with Gasteiger partial charge in [0.25, 0.3) is 0 Å². The first-order chi connectivity index (χ1) is 6.77. The van der Waals surface area contributed by atoms with Gasteiger partial charge in [0.2, 0.25) is 0 Å². The fourth-order valence-corrected chi connectivity index (χ4v) is 2.71. The molecule has 0 saturated heterocycles. The zero-order valence-electron chi connectivity index (χ0n) is 8.54. The van der Waals surface area contributed by atoms with E-state index in [-0.39, 0.29) is 6.04 Å². The number of hydrogen-bond acceptors (Lipinski definition) is 1. The van der Waals surface area contributed by atoms with Crippen molar-refractivity contribution in [3.63, 3.8) is 0 Å². The average molecular weight is 197 g/mol. The quantitative estimate of drug-likeness (QED) is 0.730. The van der Waals surface area contributed by atoms with Gasteiger partial charge in [-0.15, -0.1) is 0 Å². The molecule has 0 spiro atoms. The molecule has 2 rings (SSSR count). The fraction of sp³-hybridized carbons (Fsp3) is 0.909. The Balaban J connectivity index is 1.90. The molecule has 0 unspecified atom stereocenters. The molecule has 0 radical (unpaired) electrons. The van der Waals surface area contributed by atoms with Crippen LogP contribution in [0.1, 0.15) is 44.9 Å². The van der Waals surface area contributed by atoms with Crippen LogP contribution in [0.4, 0.5) is 4.79 Å². The van der Waals surface area contributed by atoms with E-state index in [1.807, 2.05) is 0 Å². The molecule has 0 aliphatic heterocycles. The summed E-state index contributed by atoms with van der Waals surface area (Å²) in [4.78, 5) is 10.7. The molecule has 2 fully saturated rings. The Morgan fingerprint density at radius 3 is 2.14 bits per heavy atom. The molecule has 3 nitrogen and oxygen atoms in total. The molecule has 1 amide bonds. The van der Waals surface area contributed by atoms with Gasteiger partial charge in [-0.3, -0.25) is 0 Å². The molecular weight excluding hydrogens is 178 g/mol. The van der Waals surface area contributed by atoms with Crippen LogP contribution in [0.2, 0.25) is 0 Å². The van der Waals surface area contributed by atoms with Gasteiger partial charge in [-0.1, -0.05) is 19.3 Å². The van der Waals surface area contributed by atoms with Crippen LogP contribution in [-0.2, 0) is 0 Å². The van der Waals surface area contributed by atoms with Crippen molar-refractivity contribution < 1.29 is 9.90 Å². The van der Waals surface area contributed by atoms with E-state index in [4.69, 9.17) is 5.11 Å². The first-order valence-electron chi connectivity index (χ1n) is 5.77. The first-order valence-corrected chi connectivity index (χ1v) is 5.77. The van der Waals surface area contributed by atoms with E-state index in [1.54, 1.807) is 0 Å². The highest BCUT2D eigenvalue weighted by atomic mass is 16.4. The summed E-state index contributed by atoms with van der Waals surface area (Å²) in [6.07, 6.45) is 7.96. The van der Waals surface area contributed by atoms with E-state index in [9.17, 15) is 4.79 Å². The van der Waals surface area contributed by atoms with Crippen molar-refractivity contribution in [3.05, 3.63) is 0 Å². The fourth-order valence-electron chi connectivity index (χ4n) is 2.71. The van der Waals surface area contributed by atoms with Gasteiger partial charge in [0, 0.05) is 6.04 Å². The Hall–Kier alpha value is -0.730. The minimum atomic E-state index is -0.840. The third-order valence-corrected chi connectivity index (χ3v) is 3.58. The molecule has 2 N–H and O–H groups in total. The number of nitrogens with one attached hydrogen (secondary N) is 1. The molecule has 2 aliphatic carbocycles. The Kier molecular flexibility index (Phi) is 2.94. The van der Waals surface area contributed by atoms with Gasteiger partial charge in [-0.2, -0.15) is 0 Å². The van der Waals surface area contributed by atoms with Gasteiger partial charge in [-0.25, -0.2) is 4.79 Å². The van der Waals surface area contributed by atoms with Crippen molar-refractivity contribution in [2.45, 2.75) is 51.0 Å². The smallest absolute Gasteiger partial charge is 0.404 e. The van der Waals surface area contributed by atoms with Crippen LogP contribution >= 0.6 is 0 Å². The number of hydrogen-bond donors (Lipinski definition) is 2. The van der Waals surface area contributed by atoms with Crippen LogP contribution in [-0.4, -0.2) is 17.2 Å². The van der Waals surface area contributed by atoms with Crippen LogP contribution in [0.3, 0.4) is 0 Å². The molecule has 14 heavy (non-hydrogen) atoms. The molecule has 0 aromatic carbocycles. The van der Waals surface area contributed by atoms with Crippen LogP contribution in [0.15, 0.2) is 0 Å². The Morgan fingerprint density at radius 1 is 1.07 bits per heavy atom. The number of carboxylic acid groups (broad SMARTS) is 1. The SMILES string of the molecule is O=C(O)N[C@H](C1CCCCC1)C1CC1. The molecule has 0 aromatic rings. The zero-order chi connectivity index (χ0) is 9.97. The van der Waals surface area contributed by atoms with Crippen molar-refractivity contribution in [2.75, 3.05) is 0 Å². The maximum absolute atomic E-state index is 10.7. The van der Waals surface area contributed by atoms with Gasteiger partial charge >= 0.3 is 6.09 Å². The Bertz CT molecular complexity index is 207. The van der Waals surface area contributed by atoms with Crippen molar-refractivity contribution in [3.8, 4) is 0 Å². The van der Waals surface area contributed by atoms with E-state index in [1.165, 1.54) is 44.9 Å². The first kappa shape index (κ1) is 9.81. The summed E-state index contributed by atoms with van der Waals surface area (Å²) in [6.45, 7) is 0. The lowest BCUT2D eigenvalue weighted by molar-refractivity contribution is 0.173. The van der Waals surface area contributed by atoms with Crippen molar-refractivity contribution >= 4 is 6.09 Å². The van der Waals surface area contributed by atoms with Crippen LogP contribution < -0.4 is 5.32 Å². The standard InChI is InChI=1S/C11H19NO2/c13-11(14)12-10(9-6-7-9)8-4-2-1-3-5-8/h8-10,12H,1-7H2,(H,13,14)/t10-/m1/s1. The van der Waals surface area contributed by atoms with Crippen molar-refractivity contribution in [1.82, 2.24) is 5.32 Å². The average Bonchev–Trinajstić information content (AvgIpc) is 2.99. The third kappa shape index (κ3) is 2.40. The summed E-state index contributed by atoms with van der Waals surface area (Å²) in [6, 6.07) is 0.257. The second-order valence-electron chi connectivity index (χ2n) is 4.71. The summed E-state index contributed by atoms with van der Waals surface area (Å²) < 4.78 is 0. The van der Waals surface area contributed by atoms with E-state index >= 15 is 0 Å². The van der Waals surface area contributed by atoms with Gasteiger partial charge in [-0.05, 0) is 37.5 Å². The second-order valence-corrected chi connectivity index (χ2v) is 4.71. The maximum atomic E-state index is 10.7. The number of carbonyl (C=O) groups is 1. The minimum Gasteiger partial charge on any atom is -0.465 e. The molecule has 2 saturated carbocycles. The summed E-state index contributed by atoms with van der Waals surface area (Å²) in [5.74, 6) is 1.27. The topological polar surface area (TPSA) is 49.3 Å². The Morgan fingerprint density at radius 2 is 1.64 bits per heavy atom. The molecule has 2 aliphatic rings. The monoisotopic (exact) mass is 197 g/mol. The van der Waals surface area contributed by atoms with E-state index < -0.39 is 6.09 Å². The summed E-state index contributed by atoms with van der Waals surface area (Å²) in [7, 11) is 0. The van der Waals surface area contributed by atoms with Crippen molar-refractivity contribution in [2.24, 2.45) is 11.8 Å². The molecular formula is C11H19NO2. The molecule has 1 atom stereocenters. The highest BCUT2D eigenvalue weighted by molar-refractivity contribution is 5.65. The second kappa shape index (κ2) is 4.20. The largest absolute Gasteiger partial charge is 0.465 e. The van der Waals surface area contributed by atoms with Gasteiger partial charge in [0.1, 0.15) is 0 Å². The lowest BCUT2D eigenvalue weighted by atomic mass is 9.82. The molecule has 0 aromatic heterocycles. The predicted molar refractivity (Wildman–Crippen MR) is 54.2 cm³/mol. The minimum absolute atomic E-state index is 0.257. The molecule has 0 heterocycles. The third-order valence-electron chi connectivity index (χ3n) is 3.58. The maximum Gasteiger partial charge on any atom is 0.404 e. The van der Waals surface area contributed by atoms with Crippen molar-refractivity contribution in [1.29, 1.82) is 0 Å². The molecule has 0 bridgehead atoms. The summed E-state index contributed by atoms with van der Waals surface area (Å²) in [5.41, 5.74) is 0. The van der Waals surface area contributed by atoms with Crippen LogP contribution in [0.5, 0.6) is 0 Å². The highest BCUT2D eigenvalue weighted by Crippen LogP contribution is 2.40. The number of amides is 1. The predicted octanol–water partition coefficient (Wildman–Crippen LogP) is 2.61. The molecule has 3 heteroatoms. The van der Waals surface area contributed by atoms with Gasteiger partial charge in [0.05, 0.1) is 0 Å². The highest BCUT2D eigenvalue weighted by Gasteiger charge is 2.37. The number of rotatable bonds is 3. The summed E-state index contributed by atoms with van der Waals surface area (Å²) >= 11 is 0.